The van der Waals surface area contributed by atoms with Crippen molar-refractivity contribution in [1.82, 2.24) is 9.97 Å². The Morgan fingerprint density at radius 2 is 1.84 bits per heavy atom. The number of nitrogens with two attached hydrogens (primary N) is 1. The minimum atomic E-state index is -0.167. The van der Waals surface area contributed by atoms with Crippen LogP contribution in [0.5, 0.6) is 0 Å². The maximum atomic E-state index is 12.3. The maximum absolute atomic E-state index is 12.3. The number of fused-ring (bicyclic) bond motifs is 1. The molecule has 0 aliphatic carbocycles. The summed E-state index contributed by atoms with van der Waals surface area (Å²) < 4.78 is 0. The normalized spacial score (nSPS) is 10.4. The molecule has 6 heteroatoms. The van der Waals surface area contributed by atoms with Gasteiger partial charge in [-0.05, 0) is 29.5 Å². The van der Waals surface area contributed by atoms with Crippen molar-refractivity contribution >= 4 is 35.7 Å². The van der Waals surface area contributed by atoms with Gasteiger partial charge < -0.3 is 10.7 Å². The SMILES string of the molecule is CC(C)Cc1cc(CN)nc2c(=O)[nH]cc(-c3ccccc3)c12.Cl.Cl. The van der Waals surface area contributed by atoms with Gasteiger partial charge in [0.25, 0.3) is 5.56 Å². The molecule has 0 fully saturated rings. The summed E-state index contributed by atoms with van der Waals surface area (Å²) in [5, 5.41) is 0.936. The second kappa shape index (κ2) is 8.99. The van der Waals surface area contributed by atoms with E-state index in [9.17, 15) is 4.79 Å². The lowest BCUT2D eigenvalue weighted by Crippen LogP contribution is -2.13. The quantitative estimate of drug-likeness (QED) is 0.716. The highest BCUT2D eigenvalue weighted by atomic mass is 35.5. The van der Waals surface area contributed by atoms with Crippen molar-refractivity contribution in [2.24, 2.45) is 11.7 Å². The van der Waals surface area contributed by atoms with Crippen molar-refractivity contribution in [2.75, 3.05) is 0 Å². The third kappa shape index (κ3) is 4.40. The van der Waals surface area contributed by atoms with Gasteiger partial charge in [0.05, 0.1) is 5.69 Å². The van der Waals surface area contributed by atoms with E-state index in [1.165, 1.54) is 0 Å². The zero-order chi connectivity index (χ0) is 16.4. The van der Waals surface area contributed by atoms with Gasteiger partial charge in [-0.1, -0.05) is 44.2 Å². The number of nitrogens with zero attached hydrogens (tertiary/aromatic N) is 1. The van der Waals surface area contributed by atoms with Crippen LogP contribution in [-0.4, -0.2) is 9.97 Å². The molecule has 25 heavy (non-hydrogen) atoms. The molecule has 0 aliphatic rings. The Labute approximate surface area is 159 Å². The lowest BCUT2D eigenvalue weighted by Gasteiger charge is -2.14. The van der Waals surface area contributed by atoms with E-state index in [-0.39, 0.29) is 30.4 Å². The zero-order valence-corrected chi connectivity index (χ0v) is 15.9. The number of H-pyrrole nitrogens is 1. The first kappa shape index (κ1) is 21.2. The van der Waals surface area contributed by atoms with Crippen LogP contribution in [0.4, 0.5) is 0 Å². The van der Waals surface area contributed by atoms with Crippen LogP contribution in [0.3, 0.4) is 0 Å². The maximum Gasteiger partial charge on any atom is 0.274 e. The van der Waals surface area contributed by atoms with Gasteiger partial charge in [0.15, 0.2) is 0 Å². The number of rotatable bonds is 4. The molecule has 0 atom stereocenters. The molecule has 4 nitrogen and oxygen atoms in total. The molecule has 0 radical (unpaired) electrons. The minimum Gasteiger partial charge on any atom is -0.327 e. The monoisotopic (exact) mass is 379 g/mol. The first-order valence-corrected chi connectivity index (χ1v) is 7.90. The van der Waals surface area contributed by atoms with Crippen molar-refractivity contribution in [3.8, 4) is 11.1 Å². The van der Waals surface area contributed by atoms with Gasteiger partial charge in [-0.2, -0.15) is 0 Å². The lowest BCUT2D eigenvalue weighted by atomic mass is 9.94. The summed E-state index contributed by atoms with van der Waals surface area (Å²) in [5.41, 5.74) is 10.0. The summed E-state index contributed by atoms with van der Waals surface area (Å²) in [6, 6.07) is 12.1. The molecule has 0 unspecified atom stereocenters. The molecular formula is C19H23Cl2N3O. The molecule has 3 N–H and O–H groups in total. The van der Waals surface area contributed by atoms with Crippen LogP contribution in [-0.2, 0) is 13.0 Å². The Morgan fingerprint density at radius 1 is 1.16 bits per heavy atom. The van der Waals surface area contributed by atoms with Gasteiger partial charge >= 0.3 is 0 Å². The van der Waals surface area contributed by atoms with Crippen molar-refractivity contribution < 1.29 is 0 Å². The molecule has 134 valence electrons. The fourth-order valence-corrected chi connectivity index (χ4v) is 2.95. The molecule has 3 aromatic rings. The summed E-state index contributed by atoms with van der Waals surface area (Å²) in [7, 11) is 0. The number of nitrogens with one attached hydrogen (secondary N) is 1. The Balaban J connectivity index is 0.00000156. The van der Waals surface area contributed by atoms with Gasteiger partial charge in [0.2, 0.25) is 0 Å². The molecule has 0 saturated carbocycles. The molecule has 0 aliphatic heterocycles. The van der Waals surface area contributed by atoms with Crippen LogP contribution in [0, 0.1) is 5.92 Å². The minimum absolute atomic E-state index is 0. The van der Waals surface area contributed by atoms with E-state index in [2.05, 4.69) is 23.8 Å². The average Bonchev–Trinajstić information content (AvgIpc) is 2.55. The molecule has 2 aromatic heterocycles. The van der Waals surface area contributed by atoms with E-state index in [1.54, 1.807) is 6.20 Å². The topological polar surface area (TPSA) is 71.8 Å². The highest BCUT2D eigenvalue weighted by Crippen LogP contribution is 2.30. The van der Waals surface area contributed by atoms with Crippen LogP contribution < -0.4 is 11.3 Å². The lowest BCUT2D eigenvalue weighted by molar-refractivity contribution is 0.649. The molecule has 1 aromatic carbocycles. The van der Waals surface area contributed by atoms with E-state index < -0.39 is 0 Å². The summed E-state index contributed by atoms with van der Waals surface area (Å²) in [5.74, 6) is 0.481. The van der Waals surface area contributed by atoms with Crippen molar-refractivity contribution in [3.05, 3.63) is 64.2 Å². The second-order valence-corrected chi connectivity index (χ2v) is 6.20. The Hall–Kier alpha value is -1.88. The molecule has 2 heterocycles. The van der Waals surface area contributed by atoms with Crippen molar-refractivity contribution in [1.29, 1.82) is 0 Å². The van der Waals surface area contributed by atoms with Gasteiger partial charge in [-0.25, -0.2) is 4.98 Å². The van der Waals surface area contributed by atoms with E-state index >= 15 is 0 Å². The number of benzene rings is 1. The largest absolute Gasteiger partial charge is 0.327 e. The third-order valence-corrected chi connectivity index (χ3v) is 3.91. The molecule has 3 rings (SSSR count). The van der Waals surface area contributed by atoms with E-state index in [0.29, 0.717) is 18.0 Å². The Morgan fingerprint density at radius 3 is 2.44 bits per heavy atom. The fourth-order valence-electron chi connectivity index (χ4n) is 2.95. The molecule has 0 spiro atoms. The highest BCUT2D eigenvalue weighted by molar-refractivity contribution is 5.96. The summed E-state index contributed by atoms with van der Waals surface area (Å²) >= 11 is 0. The van der Waals surface area contributed by atoms with Crippen LogP contribution in [0.25, 0.3) is 22.0 Å². The first-order chi connectivity index (χ1) is 11.1. The number of pyridine rings is 2. The number of halogens is 2. The highest BCUT2D eigenvalue weighted by Gasteiger charge is 2.14. The number of aromatic amines is 1. The fraction of sp³-hybridized carbons (Fsp3) is 0.263. The predicted molar refractivity (Wildman–Crippen MR) is 109 cm³/mol. The van der Waals surface area contributed by atoms with E-state index in [1.807, 2.05) is 36.4 Å². The third-order valence-electron chi connectivity index (χ3n) is 3.91. The first-order valence-electron chi connectivity index (χ1n) is 7.90. The van der Waals surface area contributed by atoms with Crippen LogP contribution in [0.15, 0.2) is 47.4 Å². The van der Waals surface area contributed by atoms with Crippen LogP contribution in [0.1, 0.15) is 25.1 Å². The number of hydrogen-bond donors (Lipinski definition) is 2. The predicted octanol–water partition coefficient (Wildman–Crippen LogP) is 4.09. The zero-order valence-electron chi connectivity index (χ0n) is 14.3. The van der Waals surface area contributed by atoms with Crippen LogP contribution >= 0.6 is 24.8 Å². The van der Waals surface area contributed by atoms with Crippen molar-refractivity contribution in [3.63, 3.8) is 0 Å². The summed E-state index contributed by atoms with van der Waals surface area (Å²) in [6.45, 7) is 4.67. The van der Waals surface area contributed by atoms with Crippen molar-refractivity contribution in [2.45, 2.75) is 26.8 Å². The summed E-state index contributed by atoms with van der Waals surface area (Å²) in [6.07, 6.45) is 2.67. The Kier molecular flexibility index (Phi) is 7.61. The summed E-state index contributed by atoms with van der Waals surface area (Å²) in [4.78, 5) is 19.6. The van der Waals surface area contributed by atoms with Gasteiger partial charge in [-0.15, -0.1) is 24.8 Å². The molecular weight excluding hydrogens is 357 g/mol. The van der Waals surface area contributed by atoms with Gasteiger partial charge in [-0.3, -0.25) is 4.79 Å². The molecule has 0 saturated heterocycles. The van der Waals surface area contributed by atoms with E-state index in [4.69, 9.17) is 5.73 Å². The number of hydrogen-bond acceptors (Lipinski definition) is 3. The smallest absolute Gasteiger partial charge is 0.274 e. The number of aromatic nitrogens is 2. The van der Waals surface area contributed by atoms with Crippen LogP contribution in [0.2, 0.25) is 0 Å². The second-order valence-electron chi connectivity index (χ2n) is 6.20. The average molecular weight is 380 g/mol. The van der Waals surface area contributed by atoms with Gasteiger partial charge in [0.1, 0.15) is 5.52 Å². The molecule has 0 bridgehead atoms. The molecule has 0 amide bonds. The van der Waals surface area contributed by atoms with E-state index in [0.717, 1.165) is 34.2 Å². The standard InChI is InChI=1S/C19H21N3O.2ClH/c1-12(2)8-14-9-15(10-20)22-18-17(14)16(11-21-19(18)23)13-6-4-3-5-7-13;;/h3-7,9,11-12H,8,10,20H2,1-2H3,(H,21,23);2*1H. The van der Waals surface area contributed by atoms with Gasteiger partial charge in [0, 0.05) is 23.7 Å². The Bertz CT molecular complexity index is 892.